The van der Waals surface area contributed by atoms with Gasteiger partial charge in [0.2, 0.25) is 5.91 Å². The molecule has 0 saturated carbocycles. The number of nitrogens with zero attached hydrogens (tertiary/aromatic N) is 2. The van der Waals surface area contributed by atoms with E-state index in [0.29, 0.717) is 25.4 Å². The van der Waals surface area contributed by atoms with E-state index < -0.39 is 5.97 Å². The summed E-state index contributed by atoms with van der Waals surface area (Å²) in [7, 11) is 0. The van der Waals surface area contributed by atoms with Crippen LogP contribution in [0.25, 0.3) is 11.3 Å². The number of furan rings is 1. The van der Waals surface area contributed by atoms with Crippen LogP contribution in [0.5, 0.6) is 0 Å². The number of rotatable bonds is 4. The lowest BCUT2D eigenvalue weighted by atomic mass is 9.81. The van der Waals surface area contributed by atoms with Gasteiger partial charge in [0.1, 0.15) is 5.76 Å². The number of carboxylic acid groups (broad SMARTS) is 1. The van der Waals surface area contributed by atoms with Gasteiger partial charge in [-0.1, -0.05) is 0 Å². The second-order valence-electron chi connectivity index (χ2n) is 7.05. The summed E-state index contributed by atoms with van der Waals surface area (Å²) in [6.45, 7) is 1.65. The molecule has 0 aliphatic carbocycles. The summed E-state index contributed by atoms with van der Waals surface area (Å²) in [5.74, 6) is -0.132. The molecule has 2 bridgehead atoms. The van der Waals surface area contributed by atoms with E-state index in [1.165, 1.54) is 0 Å². The minimum Gasteiger partial charge on any atom is -0.481 e. The number of carboxylic acids is 1. The van der Waals surface area contributed by atoms with Crippen LogP contribution in [-0.4, -0.2) is 39.5 Å². The lowest BCUT2D eigenvalue weighted by Gasteiger charge is -2.43. The lowest BCUT2D eigenvalue weighted by molar-refractivity contribution is -0.141. The van der Waals surface area contributed by atoms with Crippen LogP contribution in [0.3, 0.4) is 0 Å². The molecular weight excluding hydrogens is 336 g/mol. The minimum absolute atomic E-state index is 0.0153. The zero-order chi connectivity index (χ0) is 18.3. The molecule has 26 heavy (non-hydrogen) atoms. The summed E-state index contributed by atoms with van der Waals surface area (Å²) in [4.78, 5) is 37.3. The van der Waals surface area contributed by atoms with Crippen molar-refractivity contribution in [3.8, 4) is 11.3 Å². The molecule has 2 aliphatic rings. The van der Waals surface area contributed by atoms with Gasteiger partial charge in [-0.25, -0.2) is 0 Å². The highest BCUT2D eigenvalue weighted by Gasteiger charge is 2.38. The van der Waals surface area contributed by atoms with Crippen molar-refractivity contribution in [3.63, 3.8) is 0 Å². The summed E-state index contributed by atoms with van der Waals surface area (Å²) in [6.07, 6.45) is 2.38. The number of pyridine rings is 1. The first kappa shape index (κ1) is 16.6. The van der Waals surface area contributed by atoms with Crippen molar-refractivity contribution in [3.05, 3.63) is 46.6 Å². The summed E-state index contributed by atoms with van der Waals surface area (Å²) < 4.78 is 7.36. The summed E-state index contributed by atoms with van der Waals surface area (Å²) >= 11 is 0. The Bertz CT molecular complexity index is 899. The quantitative estimate of drug-likeness (QED) is 0.903. The number of carbonyl (C=O) groups is 2. The number of amides is 1. The number of hydrogen-bond donors (Lipinski definition) is 1. The highest BCUT2D eigenvalue weighted by atomic mass is 16.4. The molecule has 2 aromatic rings. The van der Waals surface area contributed by atoms with Crippen LogP contribution < -0.4 is 5.56 Å². The van der Waals surface area contributed by atoms with Crippen molar-refractivity contribution in [2.75, 3.05) is 13.1 Å². The number of aromatic nitrogens is 1. The Labute approximate surface area is 149 Å². The van der Waals surface area contributed by atoms with Crippen molar-refractivity contribution >= 4 is 11.9 Å². The first-order valence-corrected chi connectivity index (χ1v) is 8.80. The Morgan fingerprint density at radius 2 is 2.00 bits per heavy atom. The van der Waals surface area contributed by atoms with Gasteiger partial charge in [-0.3, -0.25) is 14.4 Å². The predicted octanol–water partition coefficient (Wildman–Crippen LogP) is 1.92. The predicted molar refractivity (Wildman–Crippen MR) is 92.7 cm³/mol. The standard InChI is InChI=1S/C19H20N2O5/c22-16(5-6-18(24)25)20-9-12-8-13(11-20)19-14(15-2-1-7-26-15)3-4-17(23)21(19)10-12/h1-4,7,12-13H,5-6,8-11H2,(H,24,25)/t12-,13+/m0/s1. The third-order valence-electron chi connectivity index (χ3n) is 5.28. The molecule has 0 aromatic carbocycles. The summed E-state index contributed by atoms with van der Waals surface area (Å²) in [5.41, 5.74) is 1.77. The number of likely N-dealkylation sites (tertiary alicyclic amines) is 1. The van der Waals surface area contributed by atoms with Crippen molar-refractivity contribution in [1.29, 1.82) is 0 Å². The van der Waals surface area contributed by atoms with Crippen LogP contribution in [0, 0.1) is 5.92 Å². The van der Waals surface area contributed by atoms with Crippen LogP contribution in [0.15, 0.2) is 39.7 Å². The normalized spacial score (nSPS) is 21.3. The number of hydrogen-bond acceptors (Lipinski definition) is 4. The molecule has 0 spiro atoms. The maximum atomic E-state index is 12.4. The second kappa shape index (κ2) is 6.48. The van der Waals surface area contributed by atoms with Crippen LogP contribution in [0.2, 0.25) is 0 Å². The molecular formula is C19H20N2O5. The zero-order valence-electron chi connectivity index (χ0n) is 14.3. The van der Waals surface area contributed by atoms with Gasteiger partial charge in [-0.15, -0.1) is 0 Å². The van der Waals surface area contributed by atoms with E-state index in [9.17, 15) is 14.4 Å². The highest BCUT2D eigenvalue weighted by Crippen LogP contribution is 2.40. The average molecular weight is 356 g/mol. The van der Waals surface area contributed by atoms with Crippen LogP contribution in [0.4, 0.5) is 0 Å². The fraction of sp³-hybridized carbons (Fsp3) is 0.421. The van der Waals surface area contributed by atoms with Gasteiger partial charge in [0, 0.05) is 49.3 Å². The first-order chi connectivity index (χ1) is 12.5. The van der Waals surface area contributed by atoms with E-state index in [-0.39, 0.29) is 36.1 Å². The van der Waals surface area contributed by atoms with Crippen LogP contribution >= 0.6 is 0 Å². The highest BCUT2D eigenvalue weighted by molar-refractivity contribution is 5.81. The Morgan fingerprint density at radius 1 is 1.15 bits per heavy atom. The molecule has 1 amide bonds. The van der Waals surface area contributed by atoms with Gasteiger partial charge in [-0.05, 0) is 30.5 Å². The fourth-order valence-electron chi connectivity index (χ4n) is 4.23. The van der Waals surface area contributed by atoms with Gasteiger partial charge < -0.3 is 19.0 Å². The number of aliphatic carboxylic acids is 1. The monoisotopic (exact) mass is 356 g/mol. The third kappa shape index (κ3) is 2.94. The smallest absolute Gasteiger partial charge is 0.303 e. The SMILES string of the molecule is O=C(O)CCC(=O)N1C[C@@H]2C[C@H](C1)c1c(-c3ccco3)ccc(=O)n1C2. The maximum absolute atomic E-state index is 12.4. The molecule has 1 fully saturated rings. The molecule has 1 saturated heterocycles. The van der Waals surface area contributed by atoms with E-state index >= 15 is 0 Å². The largest absolute Gasteiger partial charge is 0.481 e. The lowest BCUT2D eigenvalue weighted by Crippen LogP contribution is -2.49. The van der Waals surface area contributed by atoms with E-state index in [4.69, 9.17) is 9.52 Å². The molecule has 4 rings (SSSR count). The molecule has 7 nitrogen and oxygen atoms in total. The van der Waals surface area contributed by atoms with Gasteiger partial charge in [0.25, 0.3) is 5.56 Å². The molecule has 0 unspecified atom stereocenters. The fourth-order valence-corrected chi connectivity index (χ4v) is 4.23. The van der Waals surface area contributed by atoms with Gasteiger partial charge in [0.15, 0.2) is 0 Å². The minimum atomic E-state index is -0.965. The molecule has 136 valence electrons. The zero-order valence-corrected chi connectivity index (χ0v) is 14.3. The average Bonchev–Trinajstić information content (AvgIpc) is 3.14. The van der Waals surface area contributed by atoms with E-state index in [1.807, 2.05) is 16.7 Å². The number of carbonyl (C=O) groups excluding carboxylic acids is 1. The molecule has 2 aromatic heterocycles. The van der Waals surface area contributed by atoms with Crippen molar-refractivity contribution in [1.82, 2.24) is 9.47 Å². The van der Waals surface area contributed by atoms with Gasteiger partial charge >= 0.3 is 5.97 Å². The van der Waals surface area contributed by atoms with E-state index in [0.717, 1.165) is 17.7 Å². The summed E-state index contributed by atoms with van der Waals surface area (Å²) in [6, 6.07) is 7.04. The van der Waals surface area contributed by atoms with Gasteiger partial charge in [0.05, 0.1) is 12.7 Å². The topological polar surface area (TPSA) is 92.8 Å². The van der Waals surface area contributed by atoms with Gasteiger partial charge in [-0.2, -0.15) is 0 Å². The molecule has 4 heterocycles. The molecule has 2 atom stereocenters. The second-order valence-corrected chi connectivity index (χ2v) is 7.05. The van der Waals surface area contributed by atoms with E-state index in [2.05, 4.69) is 0 Å². The van der Waals surface area contributed by atoms with Crippen LogP contribution in [-0.2, 0) is 16.1 Å². The number of fused-ring (bicyclic) bond motifs is 4. The first-order valence-electron chi connectivity index (χ1n) is 8.80. The Kier molecular flexibility index (Phi) is 4.14. The molecule has 0 radical (unpaired) electrons. The number of piperidine rings is 1. The summed E-state index contributed by atoms with van der Waals surface area (Å²) in [5, 5.41) is 8.81. The molecule has 7 heteroatoms. The Balaban J connectivity index is 1.67. The van der Waals surface area contributed by atoms with Crippen molar-refractivity contribution in [2.45, 2.75) is 31.7 Å². The van der Waals surface area contributed by atoms with Crippen molar-refractivity contribution in [2.24, 2.45) is 5.92 Å². The van der Waals surface area contributed by atoms with E-state index in [1.54, 1.807) is 23.3 Å². The maximum Gasteiger partial charge on any atom is 0.303 e. The molecule has 1 N–H and O–H groups in total. The van der Waals surface area contributed by atoms with Crippen molar-refractivity contribution < 1.29 is 19.1 Å². The van der Waals surface area contributed by atoms with Crippen LogP contribution in [0.1, 0.15) is 30.9 Å². The third-order valence-corrected chi connectivity index (χ3v) is 5.28. The Hall–Kier alpha value is -2.83. The Morgan fingerprint density at radius 3 is 2.73 bits per heavy atom. The molecule has 2 aliphatic heterocycles.